The number of thiophene rings is 1. The predicted molar refractivity (Wildman–Crippen MR) is 125 cm³/mol. The van der Waals surface area contributed by atoms with Gasteiger partial charge in [0.25, 0.3) is 5.56 Å². The standard InChI is InChI=1S/C23H22ClN3O3S/c1-27(11-14-7-6-10-18(29-2)21(14)30-3)12-19-25-22(28)20-16(13-31-23(20)26-19)15-8-4-5-9-17(15)24/h4-10,13H,11-12H2,1-3H3,(H,25,26,28). The molecule has 0 amide bonds. The van der Waals surface area contributed by atoms with Crippen molar-refractivity contribution in [1.29, 1.82) is 0 Å². The second-order valence-electron chi connectivity index (χ2n) is 7.15. The first-order chi connectivity index (χ1) is 15.0. The summed E-state index contributed by atoms with van der Waals surface area (Å²) in [6.45, 7) is 1.09. The summed E-state index contributed by atoms with van der Waals surface area (Å²) in [5.74, 6) is 2.00. The molecule has 0 fully saturated rings. The number of H-pyrrole nitrogens is 1. The predicted octanol–water partition coefficient (Wildman–Crippen LogP) is 4.95. The third kappa shape index (κ3) is 4.30. The maximum Gasteiger partial charge on any atom is 0.260 e. The number of fused-ring (bicyclic) bond motifs is 1. The highest BCUT2D eigenvalue weighted by molar-refractivity contribution is 7.17. The van der Waals surface area contributed by atoms with Crippen LogP contribution < -0.4 is 15.0 Å². The van der Waals surface area contributed by atoms with Crippen LogP contribution in [-0.4, -0.2) is 36.1 Å². The molecule has 2 aromatic carbocycles. The summed E-state index contributed by atoms with van der Waals surface area (Å²) < 4.78 is 10.9. The largest absolute Gasteiger partial charge is 0.493 e. The summed E-state index contributed by atoms with van der Waals surface area (Å²) in [5, 5.41) is 3.11. The van der Waals surface area contributed by atoms with Gasteiger partial charge in [-0.1, -0.05) is 41.9 Å². The molecule has 0 bridgehead atoms. The fourth-order valence-electron chi connectivity index (χ4n) is 3.63. The molecular weight excluding hydrogens is 434 g/mol. The van der Waals surface area contributed by atoms with Crippen LogP contribution in [-0.2, 0) is 13.1 Å². The number of hydrogen-bond donors (Lipinski definition) is 1. The van der Waals surface area contributed by atoms with Gasteiger partial charge in [0.15, 0.2) is 11.5 Å². The second-order valence-corrected chi connectivity index (χ2v) is 8.41. The van der Waals surface area contributed by atoms with Gasteiger partial charge in [-0.25, -0.2) is 4.98 Å². The van der Waals surface area contributed by atoms with Gasteiger partial charge in [-0.15, -0.1) is 11.3 Å². The van der Waals surface area contributed by atoms with Crippen LogP contribution in [0.3, 0.4) is 0 Å². The van der Waals surface area contributed by atoms with Gasteiger partial charge in [0.05, 0.1) is 26.2 Å². The van der Waals surface area contributed by atoms with E-state index in [-0.39, 0.29) is 5.56 Å². The van der Waals surface area contributed by atoms with E-state index in [0.717, 1.165) is 16.7 Å². The highest BCUT2D eigenvalue weighted by atomic mass is 35.5. The average molecular weight is 456 g/mol. The fraction of sp³-hybridized carbons (Fsp3) is 0.217. The number of methoxy groups -OCH3 is 2. The van der Waals surface area contributed by atoms with Crippen LogP contribution in [0.25, 0.3) is 21.3 Å². The van der Waals surface area contributed by atoms with Crippen LogP contribution in [0.2, 0.25) is 5.02 Å². The van der Waals surface area contributed by atoms with E-state index in [2.05, 4.69) is 9.88 Å². The van der Waals surface area contributed by atoms with Crippen LogP contribution >= 0.6 is 22.9 Å². The van der Waals surface area contributed by atoms with Gasteiger partial charge in [-0.05, 0) is 19.2 Å². The lowest BCUT2D eigenvalue weighted by molar-refractivity contribution is 0.297. The summed E-state index contributed by atoms with van der Waals surface area (Å²) in [7, 11) is 5.21. The van der Waals surface area contributed by atoms with Crippen molar-refractivity contribution in [2.24, 2.45) is 0 Å². The Labute approximate surface area is 189 Å². The highest BCUT2D eigenvalue weighted by Crippen LogP contribution is 2.35. The molecule has 0 unspecified atom stereocenters. The van der Waals surface area contributed by atoms with E-state index >= 15 is 0 Å². The number of ether oxygens (including phenoxy) is 2. The lowest BCUT2D eigenvalue weighted by Gasteiger charge is -2.19. The number of benzene rings is 2. The van der Waals surface area contributed by atoms with Crippen molar-refractivity contribution in [3.8, 4) is 22.6 Å². The van der Waals surface area contributed by atoms with Gasteiger partial charge < -0.3 is 14.5 Å². The van der Waals surface area contributed by atoms with Gasteiger partial charge >= 0.3 is 0 Å². The van der Waals surface area contributed by atoms with Crippen molar-refractivity contribution in [1.82, 2.24) is 14.9 Å². The molecule has 160 valence electrons. The zero-order valence-corrected chi connectivity index (χ0v) is 19.0. The Hall–Kier alpha value is -2.87. The zero-order chi connectivity index (χ0) is 22.0. The van der Waals surface area contributed by atoms with Crippen molar-refractivity contribution < 1.29 is 9.47 Å². The Kier molecular flexibility index (Phi) is 6.27. The molecule has 4 aromatic rings. The highest BCUT2D eigenvalue weighted by Gasteiger charge is 2.16. The van der Waals surface area contributed by atoms with E-state index in [1.807, 2.05) is 54.9 Å². The lowest BCUT2D eigenvalue weighted by Crippen LogP contribution is -2.22. The molecule has 4 rings (SSSR count). The van der Waals surface area contributed by atoms with Crippen molar-refractivity contribution in [2.75, 3.05) is 21.3 Å². The van der Waals surface area contributed by atoms with Crippen LogP contribution in [0.1, 0.15) is 11.4 Å². The van der Waals surface area contributed by atoms with Gasteiger partial charge in [-0.2, -0.15) is 0 Å². The maximum absolute atomic E-state index is 12.9. The van der Waals surface area contributed by atoms with Crippen molar-refractivity contribution in [2.45, 2.75) is 13.1 Å². The number of aromatic amines is 1. The third-order valence-electron chi connectivity index (χ3n) is 5.00. The van der Waals surface area contributed by atoms with Crippen LogP contribution in [0.4, 0.5) is 0 Å². The Balaban J connectivity index is 1.60. The van der Waals surface area contributed by atoms with Gasteiger partial charge in [0.2, 0.25) is 0 Å². The van der Waals surface area contributed by atoms with Crippen molar-refractivity contribution >= 4 is 33.2 Å². The third-order valence-corrected chi connectivity index (χ3v) is 6.20. The fourth-order valence-corrected chi connectivity index (χ4v) is 4.82. The van der Waals surface area contributed by atoms with E-state index in [1.54, 1.807) is 14.2 Å². The molecule has 0 aliphatic carbocycles. The number of hydrogen-bond acceptors (Lipinski definition) is 6. The summed E-state index contributed by atoms with van der Waals surface area (Å²) >= 11 is 7.78. The lowest BCUT2D eigenvalue weighted by atomic mass is 10.1. The molecule has 8 heteroatoms. The molecule has 6 nitrogen and oxygen atoms in total. The number of para-hydroxylation sites is 1. The summed E-state index contributed by atoms with van der Waals surface area (Å²) in [6.07, 6.45) is 0. The minimum Gasteiger partial charge on any atom is -0.493 e. The Bertz CT molecular complexity index is 1280. The molecule has 2 heterocycles. The Morgan fingerprint density at radius 2 is 1.87 bits per heavy atom. The monoisotopic (exact) mass is 455 g/mol. The van der Waals surface area contributed by atoms with Gasteiger partial charge in [-0.3, -0.25) is 9.69 Å². The Morgan fingerprint density at radius 1 is 1.06 bits per heavy atom. The van der Waals surface area contributed by atoms with Crippen LogP contribution in [0, 0.1) is 0 Å². The normalized spacial score (nSPS) is 11.3. The molecule has 0 atom stereocenters. The molecule has 0 aliphatic heterocycles. The van der Waals surface area contributed by atoms with Crippen molar-refractivity contribution in [3.63, 3.8) is 0 Å². The minimum atomic E-state index is -0.163. The Morgan fingerprint density at radius 3 is 2.61 bits per heavy atom. The van der Waals surface area contributed by atoms with E-state index in [4.69, 9.17) is 26.1 Å². The smallest absolute Gasteiger partial charge is 0.260 e. The maximum atomic E-state index is 12.9. The minimum absolute atomic E-state index is 0.163. The van der Waals surface area contributed by atoms with Crippen molar-refractivity contribution in [3.05, 3.63) is 74.6 Å². The zero-order valence-electron chi connectivity index (χ0n) is 17.4. The van der Waals surface area contributed by atoms with E-state index in [0.29, 0.717) is 45.7 Å². The number of halogens is 1. The quantitative estimate of drug-likeness (QED) is 0.427. The number of nitrogens with zero attached hydrogens (tertiary/aromatic N) is 2. The number of aromatic nitrogens is 2. The summed E-state index contributed by atoms with van der Waals surface area (Å²) in [4.78, 5) is 23.3. The van der Waals surface area contributed by atoms with Gasteiger partial charge in [0, 0.05) is 33.6 Å². The van der Waals surface area contributed by atoms with Crippen LogP contribution in [0.15, 0.2) is 52.6 Å². The first-order valence-electron chi connectivity index (χ1n) is 9.65. The molecule has 1 N–H and O–H groups in total. The first kappa shape index (κ1) is 21.4. The SMILES string of the molecule is COc1cccc(CN(C)Cc2nc3scc(-c4ccccc4Cl)c3c(=O)[nH]2)c1OC. The number of rotatable bonds is 7. The molecule has 0 radical (unpaired) electrons. The van der Waals surface area contributed by atoms with E-state index in [1.165, 1.54) is 11.3 Å². The molecule has 0 saturated heterocycles. The first-order valence-corrected chi connectivity index (χ1v) is 10.9. The molecule has 0 spiro atoms. The molecule has 0 saturated carbocycles. The van der Waals surface area contributed by atoms with Gasteiger partial charge in [0.1, 0.15) is 10.7 Å². The van der Waals surface area contributed by atoms with E-state index in [9.17, 15) is 4.79 Å². The summed E-state index contributed by atoms with van der Waals surface area (Å²) in [6, 6.07) is 13.3. The average Bonchev–Trinajstić information content (AvgIpc) is 3.18. The van der Waals surface area contributed by atoms with Crippen LogP contribution in [0.5, 0.6) is 11.5 Å². The topological polar surface area (TPSA) is 67.5 Å². The van der Waals surface area contributed by atoms with E-state index < -0.39 is 0 Å². The molecule has 31 heavy (non-hydrogen) atoms. The molecule has 0 aliphatic rings. The second kappa shape index (κ2) is 9.09. The molecule has 2 aromatic heterocycles. The summed E-state index contributed by atoms with van der Waals surface area (Å²) in [5.41, 5.74) is 2.46. The number of nitrogens with one attached hydrogen (secondary N) is 1. The molecular formula is C23H22ClN3O3S.